The summed E-state index contributed by atoms with van der Waals surface area (Å²) in [5, 5.41) is 1.48. The van der Waals surface area contributed by atoms with Gasteiger partial charge in [0.2, 0.25) is 0 Å². The summed E-state index contributed by atoms with van der Waals surface area (Å²) in [5.74, 6) is 0. The van der Waals surface area contributed by atoms with Gasteiger partial charge in [-0.1, -0.05) is 51.3 Å². The van der Waals surface area contributed by atoms with Crippen LogP contribution in [0.3, 0.4) is 0 Å². The van der Waals surface area contributed by atoms with Crippen LogP contribution >= 0.6 is 55.1 Å². The predicted molar refractivity (Wildman–Crippen MR) is 90.8 cm³/mol. The molecule has 1 atom stereocenters. The number of hydrogen-bond donors (Lipinski definition) is 0. The van der Waals surface area contributed by atoms with E-state index in [0.717, 1.165) is 20.6 Å². The number of benzene rings is 2. The third-order valence-corrected chi connectivity index (χ3v) is 5.69. The Hall–Kier alpha value is -0.0200. The second-order valence-electron chi connectivity index (χ2n) is 4.49. The van der Waals surface area contributed by atoms with Gasteiger partial charge in [0.15, 0.2) is 0 Å². The average molecular weight is 423 g/mol. The van der Waals surface area contributed by atoms with Crippen LogP contribution in [0.4, 0.5) is 0 Å². The van der Waals surface area contributed by atoms with E-state index in [0.29, 0.717) is 5.02 Å². The maximum atomic E-state index is 6.35. The molecule has 1 unspecified atom stereocenters. The van der Waals surface area contributed by atoms with Gasteiger partial charge in [0.05, 0.1) is 9.85 Å². The molecule has 4 heteroatoms. The van der Waals surface area contributed by atoms with E-state index in [1.165, 1.54) is 11.1 Å². The number of alkyl halides is 1. The first-order valence-electron chi connectivity index (χ1n) is 5.76. The van der Waals surface area contributed by atoms with Crippen LogP contribution in [-0.4, -0.2) is 0 Å². The van der Waals surface area contributed by atoms with Gasteiger partial charge in [-0.15, -0.1) is 0 Å². The molecule has 0 aliphatic rings. The van der Waals surface area contributed by atoms with Crippen molar-refractivity contribution in [2.75, 3.05) is 0 Å². The molecule has 0 fully saturated rings. The van der Waals surface area contributed by atoms with Gasteiger partial charge in [0.1, 0.15) is 0 Å². The van der Waals surface area contributed by atoms with E-state index in [1.807, 2.05) is 24.3 Å². The zero-order valence-electron chi connectivity index (χ0n) is 10.5. The monoisotopic (exact) mass is 420 g/mol. The van der Waals surface area contributed by atoms with Crippen molar-refractivity contribution >= 4 is 55.1 Å². The number of halogens is 4. The Balaban J connectivity index is 2.46. The van der Waals surface area contributed by atoms with Gasteiger partial charge in [0.25, 0.3) is 0 Å². The molecule has 0 bridgehead atoms. The van der Waals surface area contributed by atoms with E-state index in [9.17, 15) is 0 Å². The SMILES string of the molecule is Cc1cc(Cl)c(C(Br)c2ccc(Cl)c(Br)c2)cc1C. The highest BCUT2D eigenvalue weighted by molar-refractivity contribution is 9.10. The summed E-state index contributed by atoms with van der Waals surface area (Å²) in [7, 11) is 0. The number of aryl methyl sites for hydroxylation is 2. The largest absolute Gasteiger partial charge is 0.0840 e. The molecule has 2 aromatic carbocycles. The Morgan fingerprint density at radius 2 is 1.58 bits per heavy atom. The molecule has 19 heavy (non-hydrogen) atoms. The normalized spacial score (nSPS) is 12.5. The molecule has 0 radical (unpaired) electrons. The Morgan fingerprint density at radius 1 is 0.947 bits per heavy atom. The van der Waals surface area contributed by atoms with Gasteiger partial charge in [0, 0.05) is 9.50 Å². The Morgan fingerprint density at radius 3 is 2.21 bits per heavy atom. The summed E-state index contributed by atoms with van der Waals surface area (Å²) >= 11 is 19.5. The highest BCUT2D eigenvalue weighted by atomic mass is 79.9. The summed E-state index contributed by atoms with van der Waals surface area (Å²) in [4.78, 5) is 0.0490. The van der Waals surface area contributed by atoms with E-state index in [2.05, 4.69) is 51.8 Å². The smallest absolute Gasteiger partial charge is 0.0659 e. The lowest BCUT2D eigenvalue weighted by Crippen LogP contribution is -1.96. The summed E-state index contributed by atoms with van der Waals surface area (Å²) in [6.45, 7) is 4.15. The van der Waals surface area contributed by atoms with Crippen molar-refractivity contribution in [3.63, 3.8) is 0 Å². The van der Waals surface area contributed by atoms with Gasteiger partial charge in [-0.25, -0.2) is 0 Å². The summed E-state index contributed by atoms with van der Waals surface area (Å²) < 4.78 is 0.885. The molecule has 0 spiro atoms. The third kappa shape index (κ3) is 3.36. The standard InChI is InChI=1S/C15H12Br2Cl2/c1-8-5-11(14(19)6-9(8)2)15(17)10-3-4-13(18)12(16)7-10/h3-7,15H,1-2H3. The highest BCUT2D eigenvalue weighted by Gasteiger charge is 2.16. The fourth-order valence-corrected chi connectivity index (χ4v) is 3.48. The molecule has 0 aromatic heterocycles. The van der Waals surface area contributed by atoms with Crippen LogP contribution in [-0.2, 0) is 0 Å². The molecule has 100 valence electrons. The molecule has 2 rings (SSSR count). The molecule has 0 saturated heterocycles. The van der Waals surface area contributed by atoms with Crippen molar-refractivity contribution in [3.05, 3.63) is 67.1 Å². The lowest BCUT2D eigenvalue weighted by molar-refractivity contribution is 1.15. The van der Waals surface area contributed by atoms with Crippen LogP contribution in [0, 0.1) is 13.8 Å². The van der Waals surface area contributed by atoms with E-state index >= 15 is 0 Å². The quantitative estimate of drug-likeness (QED) is 0.464. The van der Waals surface area contributed by atoms with Crippen molar-refractivity contribution in [3.8, 4) is 0 Å². The van der Waals surface area contributed by atoms with Crippen molar-refractivity contribution < 1.29 is 0 Å². The summed E-state index contributed by atoms with van der Waals surface area (Å²) in [6, 6.07) is 10.0. The Kier molecular flexibility index (Phi) is 4.99. The summed E-state index contributed by atoms with van der Waals surface area (Å²) in [5.41, 5.74) is 4.61. The number of hydrogen-bond acceptors (Lipinski definition) is 0. The van der Waals surface area contributed by atoms with Crippen LogP contribution in [0.1, 0.15) is 27.1 Å². The van der Waals surface area contributed by atoms with Crippen LogP contribution in [0.2, 0.25) is 10.0 Å². The van der Waals surface area contributed by atoms with E-state index in [4.69, 9.17) is 23.2 Å². The molecule has 0 saturated carbocycles. The molecule has 2 aromatic rings. The van der Waals surface area contributed by atoms with Crippen molar-refractivity contribution in [2.45, 2.75) is 18.7 Å². The van der Waals surface area contributed by atoms with Gasteiger partial charge in [-0.3, -0.25) is 0 Å². The molecule has 0 nitrogen and oxygen atoms in total. The molecule has 0 amide bonds. The van der Waals surface area contributed by atoms with Gasteiger partial charge < -0.3 is 0 Å². The van der Waals surface area contributed by atoms with Gasteiger partial charge in [-0.05, 0) is 70.2 Å². The minimum absolute atomic E-state index is 0.0490. The van der Waals surface area contributed by atoms with Crippen molar-refractivity contribution in [2.24, 2.45) is 0 Å². The highest BCUT2D eigenvalue weighted by Crippen LogP contribution is 2.38. The van der Waals surface area contributed by atoms with Crippen LogP contribution in [0.15, 0.2) is 34.8 Å². The fraction of sp³-hybridized carbons (Fsp3) is 0.200. The Labute approximate surface area is 140 Å². The Bertz CT molecular complexity index is 624. The first-order valence-corrected chi connectivity index (χ1v) is 8.22. The molecule has 0 N–H and O–H groups in total. The predicted octanol–water partition coefficient (Wildman–Crippen LogP) is 6.86. The lowest BCUT2D eigenvalue weighted by atomic mass is 10.0. The number of rotatable bonds is 2. The minimum Gasteiger partial charge on any atom is -0.0840 e. The zero-order valence-corrected chi connectivity index (χ0v) is 15.2. The van der Waals surface area contributed by atoms with Crippen molar-refractivity contribution in [1.82, 2.24) is 0 Å². The van der Waals surface area contributed by atoms with E-state index in [1.54, 1.807) is 0 Å². The topological polar surface area (TPSA) is 0 Å². The first kappa shape index (κ1) is 15.4. The maximum Gasteiger partial charge on any atom is 0.0659 e. The molecule has 0 heterocycles. The second-order valence-corrected chi connectivity index (χ2v) is 7.08. The molecule has 0 aliphatic heterocycles. The average Bonchev–Trinajstić information content (AvgIpc) is 2.36. The zero-order chi connectivity index (χ0) is 14.2. The second kappa shape index (κ2) is 6.17. The molecular formula is C15H12Br2Cl2. The van der Waals surface area contributed by atoms with Crippen molar-refractivity contribution in [1.29, 1.82) is 0 Å². The van der Waals surface area contributed by atoms with E-state index in [-0.39, 0.29) is 4.83 Å². The molecular weight excluding hydrogens is 411 g/mol. The lowest BCUT2D eigenvalue weighted by Gasteiger charge is -2.15. The van der Waals surface area contributed by atoms with Gasteiger partial charge in [-0.2, -0.15) is 0 Å². The van der Waals surface area contributed by atoms with E-state index < -0.39 is 0 Å². The molecule has 0 aliphatic carbocycles. The van der Waals surface area contributed by atoms with Crippen LogP contribution in [0.5, 0.6) is 0 Å². The third-order valence-electron chi connectivity index (χ3n) is 3.12. The first-order chi connectivity index (χ1) is 8.90. The minimum atomic E-state index is 0.0490. The van der Waals surface area contributed by atoms with Gasteiger partial charge >= 0.3 is 0 Å². The van der Waals surface area contributed by atoms with Crippen LogP contribution < -0.4 is 0 Å². The fourth-order valence-electron chi connectivity index (χ4n) is 1.85. The maximum absolute atomic E-state index is 6.35. The van der Waals surface area contributed by atoms with Crippen LogP contribution in [0.25, 0.3) is 0 Å². The summed E-state index contributed by atoms with van der Waals surface area (Å²) in [6.07, 6.45) is 0.